The first-order valence-corrected chi connectivity index (χ1v) is 9.39. The van der Waals surface area contributed by atoms with E-state index in [1.54, 1.807) is 49.4 Å². The second-order valence-electron chi connectivity index (χ2n) is 5.99. The molecule has 150 valence electrons. The molecule has 29 heavy (non-hydrogen) atoms. The van der Waals surface area contributed by atoms with Gasteiger partial charge >= 0.3 is 5.97 Å². The van der Waals surface area contributed by atoms with E-state index in [9.17, 15) is 14.4 Å². The number of carbonyl (C=O) groups excluding carboxylic acids is 3. The molecule has 2 amide bonds. The SMILES string of the molecule is CCOC(=O)c1cccc(N2C(=O)C(Cl)=C(Nc3ccc(OCC)cc3)C2=O)c1. The molecule has 0 unspecified atom stereocenters. The van der Waals surface area contributed by atoms with Crippen molar-refractivity contribution in [1.82, 2.24) is 0 Å². The molecule has 0 saturated heterocycles. The number of hydrogen-bond acceptors (Lipinski definition) is 6. The van der Waals surface area contributed by atoms with Crippen LogP contribution in [0.2, 0.25) is 0 Å². The fourth-order valence-electron chi connectivity index (χ4n) is 2.78. The molecule has 8 heteroatoms. The number of imide groups is 1. The predicted molar refractivity (Wildman–Crippen MR) is 109 cm³/mol. The molecule has 7 nitrogen and oxygen atoms in total. The van der Waals surface area contributed by atoms with Crippen LogP contribution in [0.15, 0.2) is 59.3 Å². The number of nitrogens with zero attached hydrogens (tertiary/aromatic N) is 1. The lowest BCUT2D eigenvalue weighted by atomic mass is 10.2. The number of rotatable bonds is 7. The Labute approximate surface area is 172 Å². The summed E-state index contributed by atoms with van der Waals surface area (Å²) >= 11 is 6.14. The molecule has 0 bridgehead atoms. The number of nitrogens with one attached hydrogen (secondary N) is 1. The minimum Gasteiger partial charge on any atom is -0.494 e. The Balaban J connectivity index is 1.83. The topological polar surface area (TPSA) is 84.9 Å². The average molecular weight is 415 g/mol. The minimum absolute atomic E-state index is 0.0395. The van der Waals surface area contributed by atoms with Gasteiger partial charge in [-0.3, -0.25) is 9.59 Å². The van der Waals surface area contributed by atoms with Crippen LogP contribution in [0, 0.1) is 0 Å². The molecule has 2 aromatic rings. The third-order valence-electron chi connectivity index (χ3n) is 4.08. The number of ether oxygens (including phenoxy) is 2. The summed E-state index contributed by atoms with van der Waals surface area (Å²) in [6.07, 6.45) is 0. The van der Waals surface area contributed by atoms with Gasteiger partial charge in [-0.1, -0.05) is 17.7 Å². The monoisotopic (exact) mass is 414 g/mol. The molecule has 0 atom stereocenters. The van der Waals surface area contributed by atoms with Crippen molar-refractivity contribution < 1.29 is 23.9 Å². The van der Waals surface area contributed by atoms with Crippen LogP contribution in [0.3, 0.4) is 0 Å². The van der Waals surface area contributed by atoms with Crippen molar-refractivity contribution in [2.24, 2.45) is 0 Å². The Bertz CT molecular complexity index is 985. The van der Waals surface area contributed by atoms with Crippen LogP contribution in [-0.4, -0.2) is 31.0 Å². The largest absolute Gasteiger partial charge is 0.494 e. The number of anilines is 2. The van der Waals surface area contributed by atoms with Crippen LogP contribution in [-0.2, 0) is 14.3 Å². The molecule has 1 aliphatic rings. The number of halogens is 1. The lowest BCUT2D eigenvalue weighted by Gasteiger charge is -2.16. The third-order valence-corrected chi connectivity index (χ3v) is 4.43. The normalized spacial score (nSPS) is 13.7. The summed E-state index contributed by atoms with van der Waals surface area (Å²) in [5.41, 5.74) is 0.994. The van der Waals surface area contributed by atoms with Crippen molar-refractivity contribution >= 4 is 40.8 Å². The maximum absolute atomic E-state index is 12.9. The molecule has 1 N–H and O–H groups in total. The molecule has 3 rings (SSSR count). The maximum Gasteiger partial charge on any atom is 0.338 e. The lowest BCUT2D eigenvalue weighted by molar-refractivity contribution is -0.120. The van der Waals surface area contributed by atoms with E-state index in [0.29, 0.717) is 18.0 Å². The van der Waals surface area contributed by atoms with E-state index in [0.717, 1.165) is 4.90 Å². The van der Waals surface area contributed by atoms with Crippen LogP contribution in [0.1, 0.15) is 24.2 Å². The Kier molecular flexibility index (Phi) is 6.19. The van der Waals surface area contributed by atoms with Crippen molar-refractivity contribution in [3.63, 3.8) is 0 Å². The van der Waals surface area contributed by atoms with Crippen LogP contribution in [0.4, 0.5) is 11.4 Å². The van der Waals surface area contributed by atoms with Crippen molar-refractivity contribution in [3.05, 3.63) is 64.8 Å². The van der Waals surface area contributed by atoms with Gasteiger partial charge in [0.1, 0.15) is 16.5 Å². The average Bonchev–Trinajstić information content (AvgIpc) is 2.93. The molecule has 0 spiro atoms. The zero-order chi connectivity index (χ0) is 21.0. The number of hydrogen-bond donors (Lipinski definition) is 1. The van der Waals surface area contributed by atoms with Gasteiger partial charge in [-0.25, -0.2) is 9.69 Å². The van der Waals surface area contributed by atoms with Crippen LogP contribution < -0.4 is 15.0 Å². The van der Waals surface area contributed by atoms with E-state index in [1.807, 2.05) is 6.92 Å². The highest BCUT2D eigenvalue weighted by Crippen LogP contribution is 2.31. The first-order valence-electron chi connectivity index (χ1n) is 9.01. The fourth-order valence-corrected chi connectivity index (χ4v) is 2.99. The van der Waals surface area contributed by atoms with Crippen molar-refractivity contribution in [2.75, 3.05) is 23.4 Å². The number of esters is 1. The van der Waals surface area contributed by atoms with Gasteiger partial charge in [0.15, 0.2) is 0 Å². The predicted octanol–water partition coefficient (Wildman–Crippen LogP) is 3.70. The van der Waals surface area contributed by atoms with Crippen LogP contribution in [0.5, 0.6) is 5.75 Å². The lowest BCUT2D eigenvalue weighted by Crippen LogP contribution is -2.32. The molecular weight excluding hydrogens is 396 g/mol. The van der Waals surface area contributed by atoms with Crippen molar-refractivity contribution in [3.8, 4) is 5.75 Å². The summed E-state index contributed by atoms with van der Waals surface area (Å²) in [6, 6.07) is 13.0. The summed E-state index contributed by atoms with van der Waals surface area (Å²) in [5.74, 6) is -1.15. The second-order valence-corrected chi connectivity index (χ2v) is 6.37. The smallest absolute Gasteiger partial charge is 0.338 e. The summed E-state index contributed by atoms with van der Waals surface area (Å²) in [7, 11) is 0. The summed E-state index contributed by atoms with van der Waals surface area (Å²) in [5, 5.41) is 2.65. The fraction of sp³-hybridized carbons (Fsp3) is 0.190. The van der Waals surface area contributed by atoms with Gasteiger partial charge in [-0.05, 0) is 56.3 Å². The van der Waals surface area contributed by atoms with Gasteiger partial charge < -0.3 is 14.8 Å². The Hall–Kier alpha value is -3.32. The zero-order valence-corrected chi connectivity index (χ0v) is 16.7. The summed E-state index contributed by atoms with van der Waals surface area (Å²) in [4.78, 5) is 38.3. The standard InChI is InChI=1S/C21H19ClN2O5/c1-3-28-16-10-8-14(9-11-16)23-18-17(22)19(25)24(20(18)26)15-7-5-6-13(12-15)21(27)29-4-2/h5-12,23H,3-4H2,1-2H3. The first kappa shape index (κ1) is 20.4. The first-order chi connectivity index (χ1) is 14.0. The van der Waals surface area contributed by atoms with Crippen LogP contribution in [0.25, 0.3) is 0 Å². The van der Waals surface area contributed by atoms with E-state index in [4.69, 9.17) is 21.1 Å². The molecule has 1 aliphatic heterocycles. The summed E-state index contributed by atoms with van der Waals surface area (Å²) < 4.78 is 10.3. The van der Waals surface area contributed by atoms with E-state index in [1.165, 1.54) is 6.07 Å². The van der Waals surface area contributed by atoms with E-state index < -0.39 is 17.8 Å². The highest BCUT2D eigenvalue weighted by Gasteiger charge is 2.39. The number of benzene rings is 2. The minimum atomic E-state index is -0.675. The van der Waals surface area contributed by atoms with Gasteiger partial charge in [0.05, 0.1) is 24.5 Å². The molecule has 0 radical (unpaired) electrons. The zero-order valence-electron chi connectivity index (χ0n) is 15.9. The highest BCUT2D eigenvalue weighted by atomic mass is 35.5. The van der Waals surface area contributed by atoms with Gasteiger partial charge in [-0.2, -0.15) is 0 Å². The summed E-state index contributed by atoms with van der Waals surface area (Å²) in [6.45, 7) is 4.33. The molecule has 0 aliphatic carbocycles. The molecule has 0 fully saturated rings. The highest BCUT2D eigenvalue weighted by molar-refractivity contribution is 6.53. The molecule has 2 aromatic carbocycles. The Morgan fingerprint density at radius 2 is 1.76 bits per heavy atom. The van der Waals surface area contributed by atoms with Crippen molar-refractivity contribution in [2.45, 2.75) is 13.8 Å². The van der Waals surface area contributed by atoms with E-state index >= 15 is 0 Å². The van der Waals surface area contributed by atoms with Gasteiger partial charge in [0.25, 0.3) is 11.8 Å². The van der Waals surface area contributed by atoms with Crippen LogP contribution >= 0.6 is 11.6 Å². The maximum atomic E-state index is 12.9. The van der Waals surface area contributed by atoms with E-state index in [2.05, 4.69) is 5.32 Å². The van der Waals surface area contributed by atoms with Gasteiger partial charge in [0.2, 0.25) is 0 Å². The molecule has 0 aromatic heterocycles. The second kappa shape index (κ2) is 8.79. The van der Waals surface area contributed by atoms with Crippen molar-refractivity contribution in [1.29, 1.82) is 0 Å². The van der Waals surface area contributed by atoms with E-state index in [-0.39, 0.29) is 28.6 Å². The Morgan fingerprint density at radius 3 is 2.41 bits per heavy atom. The van der Waals surface area contributed by atoms with Gasteiger partial charge in [-0.15, -0.1) is 0 Å². The molecular formula is C21H19ClN2O5. The molecule has 1 heterocycles. The Morgan fingerprint density at radius 1 is 1.03 bits per heavy atom. The molecule has 0 saturated carbocycles. The quantitative estimate of drug-likeness (QED) is 0.549. The van der Waals surface area contributed by atoms with Gasteiger partial charge in [0, 0.05) is 5.69 Å². The number of carbonyl (C=O) groups is 3. The number of amides is 2. The third kappa shape index (κ3) is 4.25.